The van der Waals surface area contributed by atoms with Gasteiger partial charge in [0.1, 0.15) is 5.75 Å². The van der Waals surface area contributed by atoms with Crippen LogP contribution in [0.3, 0.4) is 0 Å². The fourth-order valence-electron chi connectivity index (χ4n) is 2.74. The number of carbonyl (C=O) groups is 2. The third-order valence-corrected chi connectivity index (χ3v) is 4.45. The van der Waals surface area contributed by atoms with Gasteiger partial charge in [-0.25, -0.2) is 0 Å². The second kappa shape index (κ2) is 11.1. The number of phenolic OH excluding ortho intramolecular Hbond substituents is 1. The molecule has 150 valence electrons. The lowest BCUT2D eigenvalue weighted by Crippen LogP contribution is -2.30. The number of benzene rings is 2. The molecule has 2 amide bonds. The largest absolute Gasteiger partial charge is 0.508 e. The number of nitrogens with zero attached hydrogens (tertiary/aromatic N) is 1. The number of nitrogens with one attached hydrogen (secondary N) is 2. The molecule has 28 heavy (non-hydrogen) atoms. The molecule has 3 N–H and O–H groups in total. The summed E-state index contributed by atoms with van der Waals surface area (Å²) in [5.74, 6) is -0.0331. The van der Waals surface area contributed by atoms with Crippen molar-refractivity contribution in [2.24, 2.45) is 0 Å². The van der Waals surface area contributed by atoms with Gasteiger partial charge >= 0.3 is 0 Å². The molecule has 0 unspecified atom stereocenters. The van der Waals surface area contributed by atoms with Gasteiger partial charge in [0.15, 0.2) is 0 Å². The summed E-state index contributed by atoms with van der Waals surface area (Å²) < 4.78 is 0. The van der Waals surface area contributed by atoms with Gasteiger partial charge in [-0.05, 0) is 76.3 Å². The van der Waals surface area contributed by atoms with Crippen molar-refractivity contribution in [2.45, 2.75) is 19.8 Å². The number of hydrogen-bond donors (Lipinski definition) is 3. The Kier molecular flexibility index (Phi) is 8.49. The first-order chi connectivity index (χ1) is 13.5. The second-order valence-electron chi connectivity index (χ2n) is 6.94. The molecule has 0 bridgehead atoms. The fraction of sp³-hybridized carbons (Fsp3) is 0.364. The molecule has 2 rings (SSSR count). The molecule has 0 heterocycles. The minimum absolute atomic E-state index is 0.0420. The van der Waals surface area contributed by atoms with E-state index in [1.807, 2.05) is 38.2 Å². The molecule has 0 fully saturated rings. The molecule has 0 spiro atoms. The number of rotatable bonds is 10. The van der Waals surface area contributed by atoms with Crippen molar-refractivity contribution in [3.05, 3.63) is 65.2 Å². The molecule has 0 atom stereocenters. The van der Waals surface area contributed by atoms with Gasteiger partial charge in [0.05, 0.1) is 0 Å². The van der Waals surface area contributed by atoms with Crippen LogP contribution in [0.15, 0.2) is 48.5 Å². The number of hydrogen-bond acceptors (Lipinski definition) is 4. The van der Waals surface area contributed by atoms with Gasteiger partial charge in [-0.15, -0.1) is 0 Å². The fourth-order valence-corrected chi connectivity index (χ4v) is 2.74. The third kappa shape index (κ3) is 7.40. The van der Waals surface area contributed by atoms with E-state index in [0.29, 0.717) is 24.2 Å². The van der Waals surface area contributed by atoms with Crippen LogP contribution in [0.2, 0.25) is 0 Å². The molecule has 0 aromatic heterocycles. The number of aromatic hydroxyl groups is 1. The van der Waals surface area contributed by atoms with Crippen molar-refractivity contribution in [2.75, 3.05) is 33.2 Å². The molecule has 0 aliphatic heterocycles. The summed E-state index contributed by atoms with van der Waals surface area (Å²) in [5.41, 5.74) is 2.36. The number of phenols is 1. The molecule has 0 saturated carbocycles. The summed E-state index contributed by atoms with van der Waals surface area (Å²) in [5, 5.41) is 15.1. The second-order valence-corrected chi connectivity index (χ2v) is 6.94. The van der Waals surface area contributed by atoms with E-state index in [4.69, 9.17) is 0 Å². The Balaban J connectivity index is 1.54. The van der Waals surface area contributed by atoms with E-state index in [2.05, 4.69) is 15.5 Å². The number of carbonyl (C=O) groups excluding carboxylic acids is 2. The molecule has 2 aromatic carbocycles. The zero-order valence-electron chi connectivity index (χ0n) is 16.6. The van der Waals surface area contributed by atoms with E-state index in [1.165, 1.54) is 12.1 Å². The van der Waals surface area contributed by atoms with E-state index in [9.17, 15) is 14.7 Å². The zero-order valence-corrected chi connectivity index (χ0v) is 16.6. The van der Waals surface area contributed by atoms with E-state index < -0.39 is 0 Å². The predicted molar refractivity (Wildman–Crippen MR) is 111 cm³/mol. The zero-order chi connectivity index (χ0) is 20.4. The first kappa shape index (κ1) is 21.4. The van der Waals surface area contributed by atoms with Gasteiger partial charge in [0.25, 0.3) is 11.8 Å². The van der Waals surface area contributed by atoms with Gasteiger partial charge in [-0.3, -0.25) is 9.59 Å². The monoisotopic (exact) mass is 383 g/mol. The Hall–Kier alpha value is -2.86. The van der Waals surface area contributed by atoms with Crippen LogP contribution in [0, 0.1) is 6.92 Å². The summed E-state index contributed by atoms with van der Waals surface area (Å²) >= 11 is 0. The normalized spacial score (nSPS) is 10.7. The highest BCUT2D eigenvalue weighted by Crippen LogP contribution is 2.09. The van der Waals surface area contributed by atoms with Crippen molar-refractivity contribution >= 4 is 11.8 Å². The molecule has 0 saturated heterocycles. The lowest BCUT2D eigenvalue weighted by atomic mass is 10.1. The third-order valence-electron chi connectivity index (χ3n) is 4.45. The van der Waals surface area contributed by atoms with Gasteiger partial charge < -0.3 is 20.6 Å². The van der Waals surface area contributed by atoms with Crippen molar-refractivity contribution in [1.82, 2.24) is 15.5 Å². The van der Waals surface area contributed by atoms with Crippen LogP contribution in [-0.4, -0.2) is 55.0 Å². The van der Waals surface area contributed by atoms with Crippen LogP contribution in [0.4, 0.5) is 0 Å². The molecular formula is C22H29N3O3. The van der Waals surface area contributed by atoms with Crippen molar-refractivity contribution in [1.29, 1.82) is 0 Å². The Bertz CT molecular complexity index is 692. The molecule has 2 aromatic rings. The van der Waals surface area contributed by atoms with Gasteiger partial charge in [0.2, 0.25) is 0 Å². The first-order valence-corrected chi connectivity index (χ1v) is 9.56. The predicted octanol–water partition coefficient (Wildman–Crippen LogP) is 2.57. The topological polar surface area (TPSA) is 81.7 Å². The highest BCUT2D eigenvalue weighted by atomic mass is 16.3. The van der Waals surface area contributed by atoms with Crippen LogP contribution in [0.25, 0.3) is 0 Å². The molecule has 0 aliphatic carbocycles. The Morgan fingerprint density at radius 1 is 0.821 bits per heavy atom. The van der Waals surface area contributed by atoms with Crippen LogP contribution in [0.5, 0.6) is 5.75 Å². The van der Waals surface area contributed by atoms with E-state index in [1.54, 1.807) is 12.1 Å². The minimum atomic E-state index is -0.138. The van der Waals surface area contributed by atoms with Crippen LogP contribution < -0.4 is 10.6 Å². The summed E-state index contributed by atoms with van der Waals surface area (Å²) in [6, 6.07) is 13.7. The maximum absolute atomic E-state index is 12.0. The summed E-state index contributed by atoms with van der Waals surface area (Å²) in [6.45, 7) is 4.96. The van der Waals surface area contributed by atoms with Crippen molar-refractivity contribution in [3.8, 4) is 5.75 Å². The Labute approximate surface area is 166 Å². The van der Waals surface area contributed by atoms with Crippen LogP contribution >= 0.6 is 0 Å². The highest BCUT2D eigenvalue weighted by molar-refractivity contribution is 5.94. The maximum atomic E-state index is 12.0. The maximum Gasteiger partial charge on any atom is 0.251 e. The van der Waals surface area contributed by atoms with E-state index >= 15 is 0 Å². The van der Waals surface area contributed by atoms with Gasteiger partial charge in [-0.2, -0.15) is 0 Å². The van der Waals surface area contributed by atoms with E-state index in [0.717, 1.165) is 31.5 Å². The molecule has 0 radical (unpaired) electrons. The SMILES string of the molecule is Cc1ccc(C(=O)NCCCN(C)CCCNC(=O)c2ccc(O)cc2)cc1. The average molecular weight is 383 g/mol. The van der Waals surface area contributed by atoms with E-state index in [-0.39, 0.29) is 17.6 Å². The minimum Gasteiger partial charge on any atom is -0.508 e. The summed E-state index contributed by atoms with van der Waals surface area (Å²) in [4.78, 5) is 26.2. The average Bonchev–Trinajstić information content (AvgIpc) is 2.69. The molecular weight excluding hydrogens is 354 g/mol. The van der Waals surface area contributed by atoms with Crippen molar-refractivity contribution in [3.63, 3.8) is 0 Å². The molecule has 6 nitrogen and oxygen atoms in total. The lowest BCUT2D eigenvalue weighted by Gasteiger charge is -2.16. The quantitative estimate of drug-likeness (QED) is 0.551. The summed E-state index contributed by atoms with van der Waals surface area (Å²) in [6.07, 6.45) is 1.71. The Morgan fingerprint density at radius 2 is 1.25 bits per heavy atom. The van der Waals surface area contributed by atoms with Gasteiger partial charge in [-0.1, -0.05) is 17.7 Å². The molecule has 6 heteroatoms. The Morgan fingerprint density at radius 3 is 1.71 bits per heavy atom. The van der Waals surface area contributed by atoms with Crippen LogP contribution in [-0.2, 0) is 0 Å². The first-order valence-electron chi connectivity index (χ1n) is 9.56. The standard InChI is InChI=1S/C22H29N3O3/c1-17-5-7-18(8-6-17)21(27)23-13-3-15-25(2)16-4-14-24-22(28)19-9-11-20(26)12-10-19/h5-12,26H,3-4,13-16H2,1-2H3,(H,23,27)(H,24,28). The molecule has 0 aliphatic rings. The summed E-state index contributed by atoms with van der Waals surface area (Å²) in [7, 11) is 2.03. The smallest absolute Gasteiger partial charge is 0.251 e. The van der Waals surface area contributed by atoms with Gasteiger partial charge in [0, 0.05) is 24.2 Å². The number of aryl methyl sites for hydroxylation is 1. The lowest BCUT2D eigenvalue weighted by molar-refractivity contribution is 0.0945. The van der Waals surface area contributed by atoms with Crippen LogP contribution in [0.1, 0.15) is 39.1 Å². The number of amides is 2. The highest BCUT2D eigenvalue weighted by Gasteiger charge is 2.06. The van der Waals surface area contributed by atoms with Crippen molar-refractivity contribution < 1.29 is 14.7 Å².